The predicted octanol–water partition coefficient (Wildman–Crippen LogP) is 1.89. The molecule has 2 amide bonds. The number of anilines is 1. The van der Waals surface area contributed by atoms with E-state index in [0.29, 0.717) is 32.1 Å². The van der Waals surface area contributed by atoms with Gasteiger partial charge in [0.2, 0.25) is 0 Å². The van der Waals surface area contributed by atoms with Gasteiger partial charge in [-0.1, -0.05) is 0 Å². The molecule has 8 nitrogen and oxygen atoms in total. The van der Waals surface area contributed by atoms with Crippen molar-refractivity contribution in [1.29, 1.82) is 0 Å². The second kappa shape index (κ2) is 6.48. The summed E-state index contributed by atoms with van der Waals surface area (Å²) in [4.78, 5) is 23.0. The number of fused-ring (bicyclic) bond motifs is 1. The van der Waals surface area contributed by atoms with Gasteiger partial charge in [-0.2, -0.15) is 5.10 Å². The summed E-state index contributed by atoms with van der Waals surface area (Å²) in [5.41, 5.74) is 2.55. The van der Waals surface area contributed by atoms with Crippen molar-refractivity contribution >= 4 is 22.8 Å². The zero-order valence-electron chi connectivity index (χ0n) is 13.8. The van der Waals surface area contributed by atoms with Gasteiger partial charge >= 0.3 is 6.03 Å². The van der Waals surface area contributed by atoms with Crippen molar-refractivity contribution in [3.8, 4) is 11.3 Å². The second-order valence-corrected chi connectivity index (χ2v) is 5.89. The Morgan fingerprint density at radius 1 is 1.24 bits per heavy atom. The van der Waals surface area contributed by atoms with E-state index < -0.39 is 0 Å². The lowest BCUT2D eigenvalue weighted by molar-refractivity contribution is 0.0564. The molecule has 3 aromatic heterocycles. The van der Waals surface area contributed by atoms with E-state index in [4.69, 9.17) is 4.74 Å². The van der Waals surface area contributed by atoms with Crippen LogP contribution < -0.4 is 5.32 Å². The van der Waals surface area contributed by atoms with Gasteiger partial charge in [-0.3, -0.25) is 10.00 Å². The number of carbonyl (C=O) groups excluding carboxylic acids is 1. The number of nitrogens with one attached hydrogen (secondary N) is 1. The monoisotopic (exact) mass is 338 g/mol. The lowest BCUT2D eigenvalue weighted by Gasteiger charge is -2.26. The quantitative estimate of drug-likeness (QED) is 0.771. The fourth-order valence-electron chi connectivity index (χ4n) is 2.75. The standard InChI is InChI=1S/C17H18N6O2/c1-22-11-13(10-19-22)14-3-2-12-9-18-16(8-15(12)20-14)21-17(24)23-4-6-25-7-5-23/h2-3,8-11H,4-7H2,1H3,(H,18,21,24). The van der Waals surface area contributed by atoms with Crippen LogP contribution in [0.4, 0.5) is 10.6 Å². The summed E-state index contributed by atoms with van der Waals surface area (Å²) in [7, 11) is 1.87. The molecule has 0 unspecified atom stereocenters. The summed E-state index contributed by atoms with van der Waals surface area (Å²) in [6.45, 7) is 2.30. The van der Waals surface area contributed by atoms with Crippen LogP contribution in [0.1, 0.15) is 0 Å². The molecule has 128 valence electrons. The number of nitrogens with zero attached hydrogens (tertiary/aromatic N) is 5. The number of amides is 2. The molecule has 1 fully saturated rings. The number of ether oxygens (including phenoxy) is 1. The first-order valence-corrected chi connectivity index (χ1v) is 8.08. The molecule has 3 aromatic rings. The van der Waals surface area contributed by atoms with Crippen molar-refractivity contribution < 1.29 is 9.53 Å². The zero-order valence-corrected chi connectivity index (χ0v) is 13.8. The Balaban J connectivity index is 1.59. The molecule has 0 aromatic carbocycles. The molecule has 1 saturated heterocycles. The summed E-state index contributed by atoms with van der Waals surface area (Å²) >= 11 is 0. The lowest BCUT2D eigenvalue weighted by Crippen LogP contribution is -2.43. The fraction of sp³-hybridized carbons (Fsp3) is 0.294. The highest BCUT2D eigenvalue weighted by molar-refractivity contribution is 5.91. The van der Waals surface area contributed by atoms with Crippen LogP contribution in [-0.4, -0.2) is 57.0 Å². The number of urea groups is 1. The highest BCUT2D eigenvalue weighted by Gasteiger charge is 2.17. The molecule has 1 N–H and O–H groups in total. The topological polar surface area (TPSA) is 85.2 Å². The van der Waals surface area contributed by atoms with Crippen molar-refractivity contribution in [2.75, 3.05) is 31.6 Å². The first-order chi connectivity index (χ1) is 12.2. The summed E-state index contributed by atoms with van der Waals surface area (Å²) in [5, 5.41) is 7.92. The average Bonchev–Trinajstić information content (AvgIpc) is 3.08. The third kappa shape index (κ3) is 3.29. The first-order valence-electron chi connectivity index (χ1n) is 8.08. The Kier molecular flexibility index (Phi) is 4.02. The molecule has 0 saturated carbocycles. The van der Waals surface area contributed by atoms with E-state index in [1.807, 2.05) is 25.4 Å². The highest BCUT2D eigenvalue weighted by atomic mass is 16.5. The van der Waals surface area contributed by atoms with Crippen LogP contribution in [0.5, 0.6) is 0 Å². The Morgan fingerprint density at radius 2 is 2.08 bits per heavy atom. The average molecular weight is 338 g/mol. The Morgan fingerprint density at radius 3 is 2.84 bits per heavy atom. The van der Waals surface area contributed by atoms with Crippen LogP contribution >= 0.6 is 0 Å². The molecule has 0 aliphatic carbocycles. The molecule has 0 atom stereocenters. The van der Waals surface area contributed by atoms with Crippen LogP contribution in [0.15, 0.2) is 36.8 Å². The number of pyridine rings is 2. The molecule has 4 rings (SSSR count). The third-order valence-corrected chi connectivity index (χ3v) is 4.11. The van der Waals surface area contributed by atoms with Crippen molar-refractivity contribution in [3.63, 3.8) is 0 Å². The molecule has 1 aliphatic heterocycles. The molecule has 0 radical (unpaired) electrons. The SMILES string of the molecule is Cn1cc(-c2ccc3cnc(NC(=O)N4CCOCC4)cc3n2)cn1. The minimum atomic E-state index is -0.168. The van der Waals surface area contributed by atoms with Gasteiger partial charge in [0.1, 0.15) is 5.82 Å². The Labute approximate surface area is 144 Å². The molecule has 25 heavy (non-hydrogen) atoms. The van der Waals surface area contributed by atoms with Gasteiger partial charge in [0.05, 0.1) is 30.6 Å². The number of carbonyl (C=O) groups is 1. The number of hydrogen-bond donors (Lipinski definition) is 1. The molecular weight excluding hydrogens is 320 g/mol. The van der Waals surface area contributed by atoms with Crippen molar-refractivity contribution in [2.24, 2.45) is 7.05 Å². The van der Waals surface area contributed by atoms with Crippen molar-refractivity contribution in [3.05, 3.63) is 36.8 Å². The number of hydrogen-bond acceptors (Lipinski definition) is 5. The maximum absolute atomic E-state index is 12.3. The van der Waals surface area contributed by atoms with Crippen LogP contribution in [0.2, 0.25) is 0 Å². The number of rotatable bonds is 2. The minimum absolute atomic E-state index is 0.168. The van der Waals surface area contributed by atoms with E-state index in [0.717, 1.165) is 22.2 Å². The number of morpholine rings is 1. The van der Waals surface area contributed by atoms with E-state index in [1.54, 1.807) is 28.0 Å². The van der Waals surface area contributed by atoms with Crippen LogP contribution in [0, 0.1) is 0 Å². The molecule has 0 bridgehead atoms. The van der Waals surface area contributed by atoms with Gasteiger partial charge in [-0.25, -0.2) is 14.8 Å². The van der Waals surface area contributed by atoms with Gasteiger partial charge in [0.25, 0.3) is 0 Å². The normalized spacial score (nSPS) is 14.7. The van der Waals surface area contributed by atoms with E-state index in [1.165, 1.54) is 0 Å². The smallest absolute Gasteiger partial charge is 0.323 e. The van der Waals surface area contributed by atoms with E-state index in [2.05, 4.69) is 20.4 Å². The molecule has 8 heteroatoms. The van der Waals surface area contributed by atoms with E-state index in [-0.39, 0.29) is 6.03 Å². The first kappa shape index (κ1) is 15.5. The molecule has 0 spiro atoms. The largest absolute Gasteiger partial charge is 0.378 e. The van der Waals surface area contributed by atoms with Gasteiger partial charge in [0.15, 0.2) is 0 Å². The molecule has 1 aliphatic rings. The van der Waals surface area contributed by atoms with Gasteiger partial charge in [-0.15, -0.1) is 0 Å². The number of aryl methyl sites for hydroxylation is 1. The van der Waals surface area contributed by atoms with Gasteiger partial charge < -0.3 is 9.64 Å². The Bertz CT molecular complexity index is 916. The van der Waals surface area contributed by atoms with Crippen molar-refractivity contribution in [1.82, 2.24) is 24.6 Å². The predicted molar refractivity (Wildman–Crippen MR) is 93.2 cm³/mol. The highest BCUT2D eigenvalue weighted by Crippen LogP contribution is 2.21. The third-order valence-electron chi connectivity index (χ3n) is 4.11. The minimum Gasteiger partial charge on any atom is -0.378 e. The zero-order chi connectivity index (χ0) is 17.2. The summed E-state index contributed by atoms with van der Waals surface area (Å²) in [6.07, 6.45) is 5.40. The fourth-order valence-corrected chi connectivity index (χ4v) is 2.75. The van der Waals surface area contributed by atoms with Crippen LogP contribution in [-0.2, 0) is 11.8 Å². The van der Waals surface area contributed by atoms with Crippen LogP contribution in [0.25, 0.3) is 22.2 Å². The van der Waals surface area contributed by atoms with E-state index >= 15 is 0 Å². The maximum atomic E-state index is 12.3. The summed E-state index contributed by atoms with van der Waals surface area (Å²) < 4.78 is 7.00. The number of aromatic nitrogens is 4. The van der Waals surface area contributed by atoms with Crippen LogP contribution in [0.3, 0.4) is 0 Å². The van der Waals surface area contributed by atoms with E-state index in [9.17, 15) is 4.79 Å². The van der Waals surface area contributed by atoms with Gasteiger partial charge in [-0.05, 0) is 12.1 Å². The van der Waals surface area contributed by atoms with Crippen molar-refractivity contribution in [2.45, 2.75) is 0 Å². The Hall–Kier alpha value is -3.00. The summed E-state index contributed by atoms with van der Waals surface area (Å²) in [6, 6.07) is 5.52. The lowest BCUT2D eigenvalue weighted by atomic mass is 10.2. The molecular formula is C17H18N6O2. The maximum Gasteiger partial charge on any atom is 0.323 e. The second-order valence-electron chi connectivity index (χ2n) is 5.89. The van der Waals surface area contributed by atoms with Gasteiger partial charge in [0, 0.05) is 49.5 Å². The molecule has 4 heterocycles. The summed E-state index contributed by atoms with van der Waals surface area (Å²) in [5.74, 6) is 0.486.